The number of hydrogen-bond donors (Lipinski definition) is 1. The molecular formula is C16H18FN3. The fourth-order valence-electron chi connectivity index (χ4n) is 2.21. The molecule has 1 heterocycles. The summed E-state index contributed by atoms with van der Waals surface area (Å²) in [4.78, 5) is 0. The molecule has 4 heteroatoms. The van der Waals surface area contributed by atoms with Gasteiger partial charge in [-0.15, -0.1) is 0 Å². The Morgan fingerprint density at radius 3 is 2.55 bits per heavy atom. The first-order valence-electron chi connectivity index (χ1n) is 6.46. The number of allylic oxidation sites excluding steroid dienone is 2. The van der Waals surface area contributed by atoms with Crippen LogP contribution in [0.25, 0.3) is 5.57 Å². The van der Waals surface area contributed by atoms with Crippen molar-refractivity contribution in [3.63, 3.8) is 0 Å². The Balaban J connectivity index is 2.32. The third-order valence-electron chi connectivity index (χ3n) is 3.02. The molecule has 0 bridgehead atoms. The fourth-order valence-corrected chi connectivity index (χ4v) is 2.21. The van der Waals surface area contributed by atoms with Gasteiger partial charge in [-0.3, -0.25) is 4.68 Å². The second-order valence-electron chi connectivity index (χ2n) is 4.99. The molecule has 0 amide bonds. The highest BCUT2D eigenvalue weighted by atomic mass is 19.1. The Labute approximate surface area is 118 Å². The molecule has 0 aliphatic rings. The van der Waals surface area contributed by atoms with Crippen molar-refractivity contribution in [2.24, 2.45) is 7.05 Å². The second-order valence-corrected chi connectivity index (χ2v) is 4.99. The van der Waals surface area contributed by atoms with Crippen LogP contribution in [0.2, 0.25) is 0 Å². The first kappa shape index (κ1) is 14.2. The number of rotatable bonds is 4. The monoisotopic (exact) mass is 271 g/mol. The average molecular weight is 271 g/mol. The summed E-state index contributed by atoms with van der Waals surface area (Å²) < 4.78 is 14.7. The third-order valence-corrected chi connectivity index (χ3v) is 3.02. The lowest BCUT2D eigenvalue weighted by atomic mass is 10.0. The maximum atomic E-state index is 12.9. The molecule has 20 heavy (non-hydrogen) atoms. The van der Waals surface area contributed by atoms with Gasteiger partial charge in [0.15, 0.2) is 0 Å². The van der Waals surface area contributed by atoms with E-state index >= 15 is 0 Å². The maximum absolute atomic E-state index is 12.9. The molecule has 0 unspecified atom stereocenters. The first-order valence-corrected chi connectivity index (χ1v) is 6.46. The number of halogens is 1. The SMILES string of the molecule is CC(=N)/C=C(\C)c1nn(C)cc1Cc1ccc(F)cc1. The minimum Gasteiger partial charge on any atom is -0.306 e. The van der Waals surface area contributed by atoms with Crippen LogP contribution in [-0.4, -0.2) is 15.5 Å². The van der Waals surface area contributed by atoms with Crippen molar-refractivity contribution >= 4 is 11.3 Å². The van der Waals surface area contributed by atoms with E-state index in [0.29, 0.717) is 12.1 Å². The van der Waals surface area contributed by atoms with E-state index in [1.54, 1.807) is 29.8 Å². The molecule has 0 atom stereocenters. The van der Waals surface area contributed by atoms with Gasteiger partial charge in [0.1, 0.15) is 5.82 Å². The lowest BCUT2D eigenvalue weighted by Gasteiger charge is -2.03. The van der Waals surface area contributed by atoms with Crippen molar-refractivity contribution < 1.29 is 4.39 Å². The molecule has 1 N–H and O–H groups in total. The summed E-state index contributed by atoms with van der Waals surface area (Å²) in [5.41, 5.74) is 4.48. The quantitative estimate of drug-likeness (QED) is 0.848. The number of hydrogen-bond acceptors (Lipinski definition) is 2. The van der Waals surface area contributed by atoms with Gasteiger partial charge in [0.25, 0.3) is 0 Å². The maximum Gasteiger partial charge on any atom is 0.123 e. The zero-order valence-corrected chi connectivity index (χ0v) is 11.9. The summed E-state index contributed by atoms with van der Waals surface area (Å²) in [6.07, 6.45) is 4.47. The molecule has 0 saturated carbocycles. The van der Waals surface area contributed by atoms with Crippen LogP contribution in [0.1, 0.15) is 30.7 Å². The van der Waals surface area contributed by atoms with Crippen molar-refractivity contribution in [1.29, 1.82) is 5.41 Å². The van der Waals surface area contributed by atoms with E-state index in [0.717, 1.165) is 22.4 Å². The van der Waals surface area contributed by atoms with Gasteiger partial charge < -0.3 is 5.41 Å². The molecule has 104 valence electrons. The zero-order chi connectivity index (χ0) is 14.7. The highest BCUT2D eigenvalue weighted by molar-refractivity contribution is 5.96. The van der Waals surface area contributed by atoms with E-state index in [2.05, 4.69) is 5.10 Å². The summed E-state index contributed by atoms with van der Waals surface area (Å²) >= 11 is 0. The van der Waals surface area contributed by atoms with E-state index in [1.807, 2.05) is 20.2 Å². The Hall–Kier alpha value is -2.23. The molecule has 0 aliphatic heterocycles. The van der Waals surface area contributed by atoms with Gasteiger partial charge in [-0.05, 0) is 43.2 Å². The van der Waals surface area contributed by atoms with Gasteiger partial charge >= 0.3 is 0 Å². The van der Waals surface area contributed by atoms with Gasteiger partial charge in [0.05, 0.1) is 5.69 Å². The van der Waals surface area contributed by atoms with E-state index in [-0.39, 0.29) is 5.82 Å². The molecule has 3 nitrogen and oxygen atoms in total. The molecule has 2 rings (SSSR count). The number of aryl methyl sites for hydroxylation is 1. The Bertz CT molecular complexity index is 651. The standard InChI is InChI=1S/C16H18FN3/c1-11(8-12(2)18)16-14(10-20(3)19-16)9-13-4-6-15(17)7-5-13/h4-8,10,18H,9H2,1-3H3/b11-8+,18-12?. The Morgan fingerprint density at radius 2 is 1.95 bits per heavy atom. The van der Waals surface area contributed by atoms with Gasteiger partial charge in [-0.25, -0.2) is 4.39 Å². The number of nitrogens with one attached hydrogen (secondary N) is 1. The lowest BCUT2D eigenvalue weighted by molar-refractivity contribution is 0.627. The topological polar surface area (TPSA) is 41.7 Å². The van der Waals surface area contributed by atoms with Crippen LogP contribution < -0.4 is 0 Å². The summed E-state index contributed by atoms with van der Waals surface area (Å²) in [5, 5.41) is 12.0. The Kier molecular flexibility index (Phi) is 4.13. The van der Waals surface area contributed by atoms with Gasteiger partial charge in [0.2, 0.25) is 0 Å². The second kappa shape index (κ2) is 5.82. The normalized spacial score (nSPS) is 11.7. The van der Waals surface area contributed by atoms with Crippen LogP contribution in [0.5, 0.6) is 0 Å². The van der Waals surface area contributed by atoms with Gasteiger partial charge in [0, 0.05) is 30.9 Å². The largest absolute Gasteiger partial charge is 0.306 e. The van der Waals surface area contributed by atoms with Crippen LogP contribution in [0, 0.1) is 11.2 Å². The van der Waals surface area contributed by atoms with E-state index in [1.165, 1.54) is 12.1 Å². The third kappa shape index (κ3) is 3.41. The van der Waals surface area contributed by atoms with Crippen LogP contribution in [0.3, 0.4) is 0 Å². The van der Waals surface area contributed by atoms with E-state index in [4.69, 9.17) is 5.41 Å². The summed E-state index contributed by atoms with van der Waals surface area (Å²) in [6, 6.07) is 6.51. The number of aromatic nitrogens is 2. The molecule has 2 aromatic rings. The fraction of sp³-hybridized carbons (Fsp3) is 0.250. The predicted molar refractivity (Wildman–Crippen MR) is 79.5 cm³/mol. The molecule has 1 aromatic carbocycles. The molecule has 0 aliphatic carbocycles. The van der Waals surface area contributed by atoms with E-state index in [9.17, 15) is 4.39 Å². The number of nitrogens with zero attached hydrogens (tertiary/aromatic N) is 2. The van der Waals surface area contributed by atoms with Crippen molar-refractivity contribution in [1.82, 2.24) is 9.78 Å². The Morgan fingerprint density at radius 1 is 1.30 bits per heavy atom. The molecule has 0 radical (unpaired) electrons. The molecule has 1 aromatic heterocycles. The molecular weight excluding hydrogens is 253 g/mol. The number of benzene rings is 1. The van der Waals surface area contributed by atoms with Crippen LogP contribution >= 0.6 is 0 Å². The van der Waals surface area contributed by atoms with Crippen molar-refractivity contribution in [2.75, 3.05) is 0 Å². The van der Waals surface area contributed by atoms with Crippen LogP contribution in [0.4, 0.5) is 4.39 Å². The zero-order valence-electron chi connectivity index (χ0n) is 11.9. The smallest absolute Gasteiger partial charge is 0.123 e. The van der Waals surface area contributed by atoms with E-state index < -0.39 is 0 Å². The first-order chi connectivity index (χ1) is 9.45. The molecule has 0 fully saturated rings. The van der Waals surface area contributed by atoms with Gasteiger partial charge in [-0.2, -0.15) is 5.10 Å². The predicted octanol–water partition coefficient (Wildman–Crippen LogP) is 3.59. The summed E-state index contributed by atoms with van der Waals surface area (Å²) in [7, 11) is 1.88. The lowest BCUT2D eigenvalue weighted by Crippen LogP contribution is -1.94. The van der Waals surface area contributed by atoms with Crippen LogP contribution in [0.15, 0.2) is 36.5 Å². The highest BCUT2D eigenvalue weighted by Gasteiger charge is 2.10. The van der Waals surface area contributed by atoms with Crippen LogP contribution in [-0.2, 0) is 13.5 Å². The van der Waals surface area contributed by atoms with Crippen molar-refractivity contribution in [3.05, 3.63) is 59.2 Å². The molecule has 0 spiro atoms. The van der Waals surface area contributed by atoms with Crippen molar-refractivity contribution in [2.45, 2.75) is 20.3 Å². The average Bonchev–Trinajstić information content (AvgIpc) is 2.72. The summed E-state index contributed by atoms with van der Waals surface area (Å²) in [6.45, 7) is 3.70. The molecule has 0 saturated heterocycles. The minimum atomic E-state index is -0.226. The highest BCUT2D eigenvalue weighted by Crippen LogP contribution is 2.20. The minimum absolute atomic E-state index is 0.226. The summed E-state index contributed by atoms with van der Waals surface area (Å²) in [5.74, 6) is -0.226. The van der Waals surface area contributed by atoms with Gasteiger partial charge in [-0.1, -0.05) is 12.1 Å². The van der Waals surface area contributed by atoms with Crippen molar-refractivity contribution in [3.8, 4) is 0 Å².